The molecule has 0 saturated carbocycles. The van der Waals surface area contributed by atoms with Crippen LogP contribution in [0.2, 0.25) is 0 Å². The molecule has 3 nitrogen and oxygen atoms in total. The highest BCUT2D eigenvalue weighted by Crippen LogP contribution is 2.27. The molecule has 0 radical (unpaired) electrons. The Morgan fingerprint density at radius 3 is 2.61 bits per heavy atom. The van der Waals surface area contributed by atoms with Gasteiger partial charge in [0.15, 0.2) is 0 Å². The topological polar surface area (TPSA) is 49.3 Å². The van der Waals surface area contributed by atoms with E-state index < -0.39 is 0 Å². The Balaban J connectivity index is 2.47. The average Bonchev–Trinajstić information content (AvgIpc) is 2.26. The molecule has 0 bridgehead atoms. The van der Waals surface area contributed by atoms with Crippen LogP contribution in [0.3, 0.4) is 0 Å². The predicted molar refractivity (Wildman–Crippen MR) is 73.0 cm³/mol. The molecule has 0 aliphatic carbocycles. The van der Waals surface area contributed by atoms with Crippen molar-refractivity contribution in [2.45, 2.75) is 26.8 Å². The first kappa shape index (κ1) is 12.4. The first-order chi connectivity index (χ1) is 8.47. The number of carbonyl (C=O) groups is 1. The van der Waals surface area contributed by atoms with Crippen LogP contribution in [-0.4, -0.2) is 17.1 Å². The summed E-state index contributed by atoms with van der Waals surface area (Å²) in [5.74, 6) is 0.161. The van der Waals surface area contributed by atoms with Crippen LogP contribution < -0.4 is 5.32 Å². The summed E-state index contributed by atoms with van der Waals surface area (Å²) in [4.78, 5) is 11.9. The van der Waals surface area contributed by atoms with E-state index in [2.05, 4.69) is 5.32 Å². The smallest absolute Gasteiger partial charge is 0.251 e. The molecule has 0 fully saturated rings. The Morgan fingerprint density at radius 2 is 1.94 bits per heavy atom. The monoisotopic (exact) mass is 243 g/mol. The SMILES string of the molecule is Cc1cc(O)c2ccc(C(=O)NC(C)C)cc2c1. The number of phenolic OH excluding ortho intramolecular Hbond substituents is 1. The number of aromatic hydroxyl groups is 1. The molecular weight excluding hydrogens is 226 g/mol. The molecule has 0 unspecified atom stereocenters. The highest BCUT2D eigenvalue weighted by atomic mass is 16.3. The van der Waals surface area contributed by atoms with Crippen molar-refractivity contribution in [3.63, 3.8) is 0 Å². The van der Waals surface area contributed by atoms with E-state index in [-0.39, 0.29) is 17.7 Å². The van der Waals surface area contributed by atoms with Gasteiger partial charge >= 0.3 is 0 Å². The van der Waals surface area contributed by atoms with Crippen molar-refractivity contribution in [2.24, 2.45) is 0 Å². The summed E-state index contributed by atoms with van der Waals surface area (Å²) in [6.45, 7) is 5.77. The maximum atomic E-state index is 11.9. The summed E-state index contributed by atoms with van der Waals surface area (Å²) in [6.07, 6.45) is 0. The molecule has 0 aliphatic rings. The third-order valence-corrected chi connectivity index (χ3v) is 2.76. The molecule has 2 N–H and O–H groups in total. The van der Waals surface area contributed by atoms with E-state index in [1.165, 1.54) is 0 Å². The Bertz CT molecular complexity index is 603. The number of carbonyl (C=O) groups excluding carboxylic acids is 1. The van der Waals surface area contributed by atoms with Crippen molar-refractivity contribution < 1.29 is 9.90 Å². The van der Waals surface area contributed by atoms with Gasteiger partial charge in [0.2, 0.25) is 0 Å². The van der Waals surface area contributed by atoms with Gasteiger partial charge in [0.05, 0.1) is 0 Å². The second-order valence-corrected chi connectivity index (χ2v) is 4.85. The Labute approximate surface area is 106 Å². The van der Waals surface area contributed by atoms with E-state index in [0.29, 0.717) is 5.56 Å². The number of rotatable bonds is 2. The minimum absolute atomic E-state index is 0.0899. The zero-order valence-corrected chi connectivity index (χ0v) is 10.8. The zero-order chi connectivity index (χ0) is 13.3. The number of nitrogens with one attached hydrogen (secondary N) is 1. The molecule has 18 heavy (non-hydrogen) atoms. The normalized spacial score (nSPS) is 10.9. The highest BCUT2D eigenvalue weighted by molar-refractivity contribution is 6.00. The number of benzene rings is 2. The van der Waals surface area contributed by atoms with Gasteiger partial charge < -0.3 is 10.4 Å². The number of fused-ring (bicyclic) bond motifs is 1. The largest absolute Gasteiger partial charge is 0.507 e. The van der Waals surface area contributed by atoms with Crippen LogP contribution in [0.25, 0.3) is 10.8 Å². The molecule has 1 amide bonds. The summed E-state index contributed by atoms with van der Waals surface area (Å²) < 4.78 is 0. The molecule has 3 heteroatoms. The third kappa shape index (κ3) is 2.45. The van der Waals surface area contributed by atoms with Gasteiger partial charge in [-0.15, -0.1) is 0 Å². The van der Waals surface area contributed by atoms with Crippen LogP contribution in [0, 0.1) is 6.92 Å². The van der Waals surface area contributed by atoms with Crippen molar-refractivity contribution in [3.05, 3.63) is 41.5 Å². The average molecular weight is 243 g/mol. The molecule has 2 aromatic rings. The number of amides is 1. The number of hydrogen-bond acceptors (Lipinski definition) is 2. The quantitative estimate of drug-likeness (QED) is 0.851. The van der Waals surface area contributed by atoms with Crippen molar-refractivity contribution >= 4 is 16.7 Å². The first-order valence-corrected chi connectivity index (χ1v) is 6.01. The lowest BCUT2D eigenvalue weighted by molar-refractivity contribution is 0.0943. The summed E-state index contributed by atoms with van der Waals surface area (Å²) in [7, 11) is 0. The molecule has 0 heterocycles. The first-order valence-electron chi connectivity index (χ1n) is 6.01. The molecule has 0 atom stereocenters. The van der Waals surface area contributed by atoms with Gasteiger partial charge in [0.1, 0.15) is 5.75 Å². The van der Waals surface area contributed by atoms with E-state index in [4.69, 9.17) is 0 Å². The summed E-state index contributed by atoms with van der Waals surface area (Å²) in [5.41, 5.74) is 1.59. The van der Waals surface area contributed by atoms with E-state index in [0.717, 1.165) is 16.3 Å². The molecule has 0 saturated heterocycles. The van der Waals surface area contributed by atoms with E-state index in [1.54, 1.807) is 24.3 Å². The van der Waals surface area contributed by atoms with Crippen LogP contribution in [-0.2, 0) is 0 Å². The molecule has 0 spiro atoms. The van der Waals surface area contributed by atoms with E-state index in [1.807, 2.05) is 26.8 Å². The second-order valence-electron chi connectivity index (χ2n) is 4.85. The molecule has 94 valence electrons. The summed E-state index contributed by atoms with van der Waals surface area (Å²) in [5, 5.41) is 14.3. The van der Waals surface area contributed by atoms with Crippen LogP contribution in [0.15, 0.2) is 30.3 Å². The van der Waals surface area contributed by atoms with Crippen molar-refractivity contribution in [2.75, 3.05) is 0 Å². The van der Waals surface area contributed by atoms with Gasteiger partial charge in [-0.1, -0.05) is 6.07 Å². The van der Waals surface area contributed by atoms with Crippen molar-refractivity contribution in [1.82, 2.24) is 5.32 Å². The summed E-state index contributed by atoms with van der Waals surface area (Å²) >= 11 is 0. The third-order valence-electron chi connectivity index (χ3n) is 2.76. The standard InChI is InChI=1S/C15H17NO2/c1-9(2)16-15(18)11-4-5-13-12(8-11)6-10(3)7-14(13)17/h4-9,17H,1-3H3,(H,16,18). The molecule has 0 aliphatic heterocycles. The van der Waals surface area contributed by atoms with Gasteiger partial charge in [-0.25, -0.2) is 0 Å². The van der Waals surface area contributed by atoms with Gasteiger partial charge in [-0.3, -0.25) is 4.79 Å². The Morgan fingerprint density at radius 1 is 1.22 bits per heavy atom. The zero-order valence-electron chi connectivity index (χ0n) is 10.8. The number of aryl methyl sites for hydroxylation is 1. The lowest BCUT2D eigenvalue weighted by Crippen LogP contribution is -2.29. The van der Waals surface area contributed by atoms with Gasteiger partial charge in [-0.05, 0) is 56.0 Å². The number of phenols is 1. The Hall–Kier alpha value is -2.03. The number of hydrogen-bond donors (Lipinski definition) is 2. The molecule has 2 aromatic carbocycles. The van der Waals surface area contributed by atoms with Crippen LogP contribution >= 0.6 is 0 Å². The lowest BCUT2D eigenvalue weighted by Gasteiger charge is -2.09. The van der Waals surface area contributed by atoms with E-state index in [9.17, 15) is 9.90 Å². The van der Waals surface area contributed by atoms with Crippen LogP contribution in [0.1, 0.15) is 29.8 Å². The summed E-state index contributed by atoms with van der Waals surface area (Å²) in [6, 6.07) is 9.10. The molecule has 0 aromatic heterocycles. The minimum Gasteiger partial charge on any atom is -0.507 e. The lowest BCUT2D eigenvalue weighted by atomic mass is 10.0. The fraction of sp³-hybridized carbons (Fsp3) is 0.267. The van der Waals surface area contributed by atoms with Crippen molar-refractivity contribution in [3.8, 4) is 5.75 Å². The van der Waals surface area contributed by atoms with Gasteiger partial charge in [0, 0.05) is 17.0 Å². The molecule has 2 rings (SSSR count). The van der Waals surface area contributed by atoms with E-state index >= 15 is 0 Å². The fourth-order valence-corrected chi connectivity index (χ4v) is 1.98. The van der Waals surface area contributed by atoms with Gasteiger partial charge in [-0.2, -0.15) is 0 Å². The van der Waals surface area contributed by atoms with Gasteiger partial charge in [0.25, 0.3) is 5.91 Å². The van der Waals surface area contributed by atoms with Crippen LogP contribution in [0.5, 0.6) is 5.75 Å². The molecular formula is C15H17NO2. The Kier molecular flexibility index (Phi) is 3.24. The van der Waals surface area contributed by atoms with Crippen LogP contribution in [0.4, 0.5) is 0 Å². The second kappa shape index (κ2) is 4.69. The maximum Gasteiger partial charge on any atom is 0.251 e. The van der Waals surface area contributed by atoms with Crippen molar-refractivity contribution in [1.29, 1.82) is 0 Å². The minimum atomic E-state index is -0.0899. The predicted octanol–water partition coefficient (Wildman–Crippen LogP) is 2.99. The maximum absolute atomic E-state index is 11.9. The fourth-order valence-electron chi connectivity index (χ4n) is 1.98. The highest BCUT2D eigenvalue weighted by Gasteiger charge is 2.09.